The van der Waals surface area contributed by atoms with Gasteiger partial charge in [-0.05, 0) is 6.92 Å². The molecule has 0 N–H and O–H groups in total. The van der Waals surface area contributed by atoms with Gasteiger partial charge < -0.3 is 9.64 Å². The van der Waals surface area contributed by atoms with Crippen LogP contribution in [0.2, 0.25) is 0 Å². The number of hydrogen-bond donors (Lipinski definition) is 0. The van der Waals surface area contributed by atoms with Crippen molar-refractivity contribution in [3.8, 4) is 0 Å². The van der Waals surface area contributed by atoms with E-state index in [9.17, 15) is 4.79 Å². The topological polar surface area (TPSA) is 54.8 Å². The molecule has 0 fully saturated rings. The molecule has 0 atom stereocenters. The molecule has 0 saturated heterocycles. The van der Waals surface area contributed by atoms with Crippen molar-refractivity contribution >= 4 is 28.8 Å². The minimum absolute atomic E-state index is 0.210. The van der Waals surface area contributed by atoms with Gasteiger partial charge in [0.2, 0.25) is 5.13 Å². The summed E-state index contributed by atoms with van der Waals surface area (Å²) >= 11 is 1.41. The summed E-state index contributed by atoms with van der Waals surface area (Å²) in [7, 11) is 3.77. The van der Waals surface area contributed by atoms with Gasteiger partial charge in [-0.3, -0.25) is 4.79 Å². The summed E-state index contributed by atoms with van der Waals surface area (Å²) in [5.41, 5.74) is 0.703. The second-order valence-electron chi connectivity index (χ2n) is 3.31. The number of carbonyl (C=O) groups is 1. The smallest absolute Gasteiger partial charge is 0.311 e. The minimum atomic E-state index is -0.254. The van der Waals surface area contributed by atoms with Crippen molar-refractivity contribution in [3.05, 3.63) is 11.1 Å². The molecule has 0 unspecified atom stereocenters. The largest absolute Gasteiger partial charge is 0.466 e. The Morgan fingerprint density at radius 1 is 1.69 bits per heavy atom. The molecule has 1 heterocycles. The Hall–Kier alpha value is -1.43. The van der Waals surface area contributed by atoms with Crippen molar-refractivity contribution in [2.45, 2.75) is 13.3 Å². The Kier molecular flexibility index (Phi) is 4.91. The molecule has 6 heteroatoms. The fourth-order valence-electron chi connectivity index (χ4n) is 0.962. The maximum atomic E-state index is 11.2. The van der Waals surface area contributed by atoms with Gasteiger partial charge in [-0.2, -0.15) is 0 Å². The number of carbonyl (C=O) groups excluding carboxylic acids is 1. The van der Waals surface area contributed by atoms with Crippen LogP contribution in [0.25, 0.3) is 0 Å². The average Bonchev–Trinajstić information content (AvgIpc) is 2.63. The predicted molar refractivity (Wildman–Crippen MR) is 64.3 cm³/mol. The molecule has 1 aromatic heterocycles. The van der Waals surface area contributed by atoms with Gasteiger partial charge in [0.25, 0.3) is 0 Å². The Morgan fingerprint density at radius 3 is 3.06 bits per heavy atom. The van der Waals surface area contributed by atoms with Gasteiger partial charge >= 0.3 is 5.97 Å². The summed E-state index contributed by atoms with van der Waals surface area (Å²) in [6.45, 7) is 2.18. The molecule has 0 aliphatic heterocycles. The SMILES string of the molecule is CCOC(=O)Cc1csc(/N=C/N(C)C)n1. The maximum Gasteiger partial charge on any atom is 0.311 e. The van der Waals surface area contributed by atoms with E-state index in [4.69, 9.17) is 4.74 Å². The van der Waals surface area contributed by atoms with Crippen molar-refractivity contribution in [2.24, 2.45) is 4.99 Å². The van der Waals surface area contributed by atoms with Gasteiger partial charge in [0.05, 0.1) is 25.1 Å². The molecule has 0 saturated carbocycles. The van der Waals surface area contributed by atoms with Gasteiger partial charge in [-0.15, -0.1) is 11.3 Å². The van der Waals surface area contributed by atoms with Crippen LogP contribution in [-0.4, -0.2) is 42.9 Å². The van der Waals surface area contributed by atoms with Crippen LogP contribution in [0.4, 0.5) is 5.13 Å². The van der Waals surface area contributed by atoms with E-state index in [1.54, 1.807) is 13.3 Å². The molecule has 0 radical (unpaired) electrons. The third kappa shape index (κ3) is 4.39. The fourth-order valence-corrected chi connectivity index (χ4v) is 1.62. The lowest BCUT2D eigenvalue weighted by atomic mass is 10.3. The second kappa shape index (κ2) is 6.22. The monoisotopic (exact) mass is 241 g/mol. The Labute approximate surface area is 98.8 Å². The second-order valence-corrected chi connectivity index (χ2v) is 4.15. The van der Waals surface area contributed by atoms with Crippen LogP contribution in [0.15, 0.2) is 10.4 Å². The van der Waals surface area contributed by atoms with Crippen molar-refractivity contribution in [2.75, 3.05) is 20.7 Å². The average molecular weight is 241 g/mol. The van der Waals surface area contributed by atoms with Gasteiger partial charge in [0, 0.05) is 19.5 Å². The highest BCUT2D eigenvalue weighted by molar-refractivity contribution is 7.13. The molecular formula is C10H15N3O2S. The molecule has 1 rings (SSSR count). The van der Waals surface area contributed by atoms with Crippen molar-refractivity contribution < 1.29 is 9.53 Å². The van der Waals surface area contributed by atoms with Crippen LogP contribution in [0.1, 0.15) is 12.6 Å². The van der Waals surface area contributed by atoms with Crippen LogP contribution < -0.4 is 0 Å². The summed E-state index contributed by atoms with van der Waals surface area (Å²) in [5, 5.41) is 2.46. The van der Waals surface area contributed by atoms with E-state index in [1.807, 2.05) is 24.4 Å². The van der Waals surface area contributed by atoms with E-state index in [-0.39, 0.29) is 12.4 Å². The molecule has 0 aliphatic carbocycles. The highest BCUT2D eigenvalue weighted by atomic mass is 32.1. The highest BCUT2D eigenvalue weighted by Gasteiger charge is 2.07. The van der Waals surface area contributed by atoms with E-state index < -0.39 is 0 Å². The van der Waals surface area contributed by atoms with Crippen molar-refractivity contribution in [1.29, 1.82) is 0 Å². The number of thiazole rings is 1. The molecule has 0 aliphatic rings. The molecule has 1 aromatic rings. The number of aliphatic imine (C=N–C) groups is 1. The zero-order chi connectivity index (χ0) is 12.0. The Morgan fingerprint density at radius 2 is 2.44 bits per heavy atom. The molecule has 5 nitrogen and oxygen atoms in total. The minimum Gasteiger partial charge on any atom is -0.466 e. The predicted octanol–water partition coefficient (Wildman–Crippen LogP) is 1.47. The Balaban J connectivity index is 2.54. The van der Waals surface area contributed by atoms with Gasteiger partial charge in [0.1, 0.15) is 0 Å². The van der Waals surface area contributed by atoms with Gasteiger partial charge in [-0.1, -0.05) is 0 Å². The van der Waals surface area contributed by atoms with E-state index >= 15 is 0 Å². The van der Waals surface area contributed by atoms with Crippen LogP contribution in [-0.2, 0) is 16.0 Å². The highest BCUT2D eigenvalue weighted by Crippen LogP contribution is 2.18. The number of hydrogen-bond acceptors (Lipinski definition) is 5. The fraction of sp³-hybridized carbons (Fsp3) is 0.500. The van der Waals surface area contributed by atoms with E-state index in [0.29, 0.717) is 17.4 Å². The van der Waals surface area contributed by atoms with E-state index in [2.05, 4.69) is 9.98 Å². The van der Waals surface area contributed by atoms with Crippen LogP contribution >= 0.6 is 11.3 Å². The first-order valence-electron chi connectivity index (χ1n) is 4.92. The lowest BCUT2D eigenvalue weighted by Crippen LogP contribution is -2.07. The number of rotatable bonds is 5. The summed E-state index contributed by atoms with van der Waals surface area (Å²) in [6, 6.07) is 0. The summed E-state index contributed by atoms with van der Waals surface area (Å²) in [5.74, 6) is -0.254. The zero-order valence-electron chi connectivity index (χ0n) is 9.64. The number of nitrogens with zero attached hydrogens (tertiary/aromatic N) is 3. The summed E-state index contributed by atoms with van der Waals surface area (Å²) in [6.07, 6.45) is 1.88. The third-order valence-electron chi connectivity index (χ3n) is 1.57. The lowest BCUT2D eigenvalue weighted by Gasteiger charge is -2.00. The van der Waals surface area contributed by atoms with Crippen LogP contribution in [0.3, 0.4) is 0 Å². The first-order chi connectivity index (χ1) is 7.61. The number of ether oxygens (including phenoxy) is 1. The maximum absolute atomic E-state index is 11.2. The molecule has 0 aromatic carbocycles. The van der Waals surface area contributed by atoms with Crippen molar-refractivity contribution in [3.63, 3.8) is 0 Å². The summed E-state index contributed by atoms with van der Waals surface area (Å²) in [4.78, 5) is 21.3. The molecule has 88 valence electrons. The first-order valence-corrected chi connectivity index (χ1v) is 5.80. The zero-order valence-corrected chi connectivity index (χ0v) is 10.5. The molecule has 0 bridgehead atoms. The quantitative estimate of drug-likeness (QED) is 0.445. The van der Waals surface area contributed by atoms with Gasteiger partial charge in [0.15, 0.2) is 0 Å². The van der Waals surface area contributed by atoms with Gasteiger partial charge in [-0.25, -0.2) is 9.98 Å². The van der Waals surface area contributed by atoms with Crippen LogP contribution in [0, 0.1) is 0 Å². The van der Waals surface area contributed by atoms with Crippen molar-refractivity contribution in [1.82, 2.24) is 9.88 Å². The molecule has 0 spiro atoms. The molecule has 0 amide bonds. The normalized spacial score (nSPS) is 10.7. The first kappa shape index (κ1) is 12.6. The van der Waals surface area contributed by atoms with Crippen LogP contribution in [0.5, 0.6) is 0 Å². The third-order valence-corrected chi connectivity index (χ3v) is 2.37. The number of esters is 1. The standard InChI is InChI=1S/C10H15N3O2S/c1-4-15-9(14)5-8-6-16-10(12-8)11-7-13(2)3/h6-7H,4-5H2,1-3H3/b11-7+. The Bertz CT molecular complexity index is 374. The molecular weight excluding hydrogens is 226 g/mol. The van der Waals surface area contributed by atoms with E-state index in [0.717, 1.165) is 0 Å². The number of aromatic nitrogens is 1. The lowest BCUT2D eigenvalue weighted by molar-refractivity contribution is -0.142. The summed E-state index contributed by atoms with van der Waals surface area (Å²) < 4.78 is 4.83. The molecule has 16 heavy (non-hydrogen) atoms. The van der Waals surface area contributed by atoms with E-state index in [1.165, 1.54) is 11.3 Å².